The number of amides is 2. The van der Waals surface area contributed by atoms with Gasteiger partial charge in [-0.3, -0.25) is 14.4 Å². The summed E-state index contributed by atoms with van der Waals surface area (Å²) >= 11 is 0. The van der Waals surface area contributed by atoms with Gasteiger partial charge in [-0.05, 0) is 59.7 Å². The molecule has 1 aromatic heterocycles. The van der Waals surface area contributed by atoms with E-state index in [1.165, 1.54) is 32.6 Å². The van der Waals surface area contributed by atoms with Gasteiger partial charge in [-0.1, -0.05) is 102 Å². The lowest BCUT2D eigenvalue weighted by molar-refractivity contribution is -0.141. The molecule has 0 aliphatic carbocycles. The molecule has 0 aliphatic heterocycles. The molecule has 0 spiro atoms. The highest BCUT2D eigenvalue weighted by molar-refractivity contribution is 5.98. The molecule has 3 aromatic carbocycles. The number of benzene rings is 3. The SMILES string of the molecule is CCCCCCCOc1ccc(-c2cnc(-c3ccc(C[C@@H](NC(=O)c4ccc(C(C)(C)C)cc4)C(=O)N[C@H](C)C(=O)O)cc3)nc2)cc1. The second-order valence-electron chi connectivity index (χ2n) is 13.4. The first-order valence-electron chi connectivity index (χ1n) is 17.0. The summed E-state index contributed by atoms with van der Waals surface area (Å²) in [5.74, 6) is -0.772. The fraction of sp³-hybridized carbons (Fsp3) is 0.375. The topological polar surface area (TPSA) is 131 Å². The summed E-state index contributed by atoms with van der Waals surface area (Å²) in [6.07, 6.45) is 9.73. The predicted octanol–water partition coefficient (Wildman–Crippen LogP) is 7.39. The lowest BCUT2D eigenvalue weighted by Gasteiger charge is -2.21. The summed E-state index contributed by atoms with van der Waals surface area (Å²) in [7, 11) is 0. The van der Waals surface area contributed by atoms with Crippen molar-refractivity contribution >= 4 is 17.8 Å². The molecule has 0 aliphatic rings. The summed E-state index contributed by atoms with van der Waals surface area (Å²) in [4.78, 5) is 46.9. The highest BCUT2D eigenvalue weighted by Gasteiger charge is 2.25. The van der Waals surface area contributed by atoms with Gasteiger partial charge in [-0.25, -0.2) is 9.97 Å². The zero-order valence-electron chi connectivity index (χ0n) is 29.2. The van der Waals surface area contributed by atoms with Gasteiger partial charge in [0.15, 0.2) is 5.82 Å². The average molecular weight is 665 g/mol. The summed E-state index contributed by atoms with van der Waals surface area (Å²) < 4.78 is 5.88. The van der Waals surface area contributed by atoms with Crippen molar-refractivity contribution in [3.63, 3.8) is 0 Å². The van der Waals surface area contributed by atoms with E-state index in [0.717, 1.165) is 46.6 Å². The van der Waals surface area contributed by atoms with Crippen molar-refractivity contribution in [3.8, 4) is 28.3 Å². The fourth-order valence-electron chi connectivity index (χ4n) is 5.24. The predicted molar refractivity (Wildman–Crippen MR) is 192 cm³/mol. The van der Waals surface area contributed by atoms with Crippen LogP contribution in [0.2, 0.25) is 0 Å². The van der Waals surface area contributed by atoms with Crippen molar-refractivity contribution in [3.05, 3.63) is 102 Å². The Bertz CT molecular complexity index is 1660. The molecule has 1 heterocycles. The molecule has 4 aromatic rings. The number of carbonyl (C=O) groups is 3. The Labute approximate surface area is 289 Å². The molecule has 2 amide bonds. The van der Waals surface area contributed by atoms with Gasteiger partial charge in [0.2, 0.25) is 5.91 Å². The molecule has 2 atom stereocenters. The highest BCUT2D eigenvalue weighted by Crippen LogP contribution is 2.24. The van der Waals surface area contributed by atoms with E-state index >= 15 is 0 Å². The number of rotatable bonds is 16. The molecule has 4 rings (SSSR count). The number of carbonyl (C=O) groups excluding carboxylic acids is 2. The Kier molecular flexibility index (Phi) is 13.0. The highest BCUT2D eigenvalue weighted by atomic mass is 16.5. The van der Waals surface area contributed by atoms with E-state index in [-0.39, 0.29) is 11.8 Å². The monoisotopic (exact) mass is 664 g/mol. The van der Waals surface area contributed by atoms with Gasteiger partial charge >= 0.3 is 5.97 Å². The molecule has 258 valence electrons. The standard InChI is InChI=1S/C40H48N4O5/c1-6-7-8-9-10-23-49-34-21-17-29(18-22-34)32-25-41-36(42-26-32)30-13-11-28(12-14-30)24-35(38(46)43-27(2)39(47)48)44-37(45)31-15-19-33(20-16-31)40(3,4)5/h11-22,25-27,35H,6-10,23-24H2,1-5H3,(H,43,46)(H,44,45)(H,47,48)/t27-,35-/m1/s1. The van der Waals surface area contributed by atoms with Crippen LogP contribution in [-0.4, -0.2) is 51.5 Å². The third-order valence-corrected chi connectivity index (χ3v) is 8.37. The molecular weight excluding hydrogens is 616 g/mol. The zero-order chi connectivity index (χ0) is 35.4. The van der Waals surface area contributed by atoms with Crippen LogP contribution >= 0.6 is 0 Å². The molecule has 3 N–H and O–H groups in total. The van der Waals surface area contributed by atoms with Crippen LogP contribution in [0.1, 0.15) is 88.2 Å². The van der Waals surface area contributed by atoms with Crippen LogP contribution in [0, 0.1) is 0 Å². The van der Waals surface area contributed by atoms with E-state index < -0.39 is 29.9 Å². The van der Waals surface area contributed by atoms with Crippen molar-refractivity contribution < 1.29 is 24.2 Å². The minimum absolute atomic E-state index is 0.0711. The quantitative estimate of drug-likeness (QED) is 0.107. The fourth-order valence-corrected chi connectivity index (χ4v) is 5.24. The van der Waals surface area contributed by atoms with E-state index in [4.69, 9.17) is 4.74 Å². The van der Waals surface area contributed by atoms with Crippen LogP contribution in [0.15, 0.2) is 85.2 Å². The molecule has 0 saturated carbocycles. The van der Waals surface area contributed by atoms with Gasteiger partial charge in [0, 0.05) is 35.5 Å². The van der Waals surface area contributed by atoms with Crippen molar-refractivity contribution in [1.29, 1.82) is 0 Å². The summed E-state index contributed by atoms with van der Waals surface area (Å²) in [5, 5.41) is 14.6. The number of hydrogen-bond acceptors (Lipinski definition) is 6. The largest absolute Gasteiger partial charge is 0.494 e. The first-order chi connectivity index (χ1) is 23.4. The molecular formula is C40H48N4O5. The number of nitrogens with zero attached hydrogens (tertiary/aromatic N) is 2. The number of ether oxygens (including phenoxy) is 1. The number of carboxylic acids is 1. The van der Waals surface area contributed by atoms with Crippen LogP contribution < -0.4 is 15.4 Å². The first-order valence-corrected chi connectivity index (χ1v) is 17.0. The normalized spacial score (nSPS) is 12.5. The number of aliphatic carboxylic acids is 1. The van der Waals surface area contributed by atoms with E-state index in [1.54, 1.807) is 24.5 Å². The molecule has 9 heteroatoms. The van der Waals surface area contributed by atoms with Gasteiger partial charge < -0.3 is 20.5 Å². The molecule has 0 fully saturated rings. The Balaban J connectivity index is 1.40. The minimum Gasteiger partial charge on any atom is -0.494 e. The van der Waals surface area contributed by atoms with E-state index in [0.29, 0.717) is 11.4 Å². The van der Waals surface area contributed by atoms with Crippen molar-refractivity contribution in [2.24, 2.45) is 0 Å². The van der Waals surface area contributed by atoms with Crippen molar-refractivity contribution in [2.75, 3.05) is 6.61 Å². The molecule has 0 saturated heterocycles. The number of nitrogens with one attached hydrogen (secondary N) is 2. The lowest BCUT2D eigenvalue weighted by atomic mass is 9.86. The average Bonchev–Trinajstić information content (AvgIpc) is 3.09. The van der Waals surface area contributed by atoms with E-state index in [2.05, 4.69) is 48.3 Å². The Hall–Kier alpha value is -5.05. The minimum atomic E-state index is -1.17. The number of hydrogen-bond donors (Lipinski definition) is 3. The van der Waals surface area contributed by atoms with Crippen LogP contribution in [0.4, 0.5) is 0 Å². The van der Waals surface area contributed by atoms with Crippen LogP contribution in [0.5, 0.6) is 5.75 Å². The summed E-state index contributed by atoms with van der Waals surface area (Å²) in [6, 6.07) is 20.5. The maximum Gasteiger partial charge on any atom is 0.325 e. The molecule has 0 bridgehead atoms. The van der Waals surface area contributed by atoms with E-state index in [1.807, 2.05) is 60.7 Å². The van der Waals surface area contributed by atoms with Gasteiger partial charge in [-0.2, -0.15) is 0 Å². The Morgan fingerprint density at radius 2 is 1.39 bits per heavy atom. The molecule has 9 nitrogen and oxygen atoms in total. The van der Waals surface area contributed by atoms with Crippen LogP contribution in [-0.2, 0) is 21.4 Å². The molecule has 0 unspecified atom stereocenters. The second kappa shape index (κ2) is 17.4. The third kappa shape index (κ3) is 11.0. The number of carboxylic acid groups (broad SMARTS) is 1. The maximum atomic E-state index is 13.2. The van der Waals surface area contributed by atoms with Gasteiger partial charge in [0.1, 0.15) is 17.8 Å². The number of aromatic nitrogens is 2. The second-order valence-corrected chi connectivity index (χ2v) is 13.4. The Morgan fingerprint density at radius 1 is 0.776 bits per heavy atom. The summed E-state index contributed by atoms with van der Waals surface area (Å²) in [6.45, 7) is 10.6. The van der Waals surface area contributed by atoms with Crippen molar-refractivity contribution in [2.45, 2.75) is 90.6 Å². The Morgan fingerprint density at radius 3 is 1.98 bits per heavy atom. The number of unbranched alkanes of at least 4 members (excludes halogenated alkanes) is 4. The zero-order valence-corrected chi connectivity index (χ0v) is 29.2. The van der Waals surface area contributed by atoms with Gasteiger partial charge in [0.05, 0.1) is 6.61 Å². The van der Waals surface area contributed by atoms with Gasteiger partial charge in [-0.15, -0.1) is 0 Å². The van der Waals surface area contributed by atoms with E-state index in [9.17, 15) is 19.5 Å². The third-order valence-electron chi connectivity index (χ3n) is 8.37. The van der Waals surface area contributed by atoms with Gasteiger partial charge in [0.25, 0.3) is 5.91 Å². The maximum absolute atomic E-state index is 13.2. The molecule has 49 heavy (non-hydrogen) atoms. The molecule has 0 radical (unpaired) electrons. The summed E-state index contributed by atoms with van der Waals surface area (Å²) in [5.41, 5.74) is 4.86. The van der Waals surface area contributed by atoms with Crippen LogP contribution in [0.3, 0.4) is 0 Å². The smallest absolute Gasteiger partial charge is 0.325 e. The van der Waals surface area contributed by atoms with Crippen LogP contribution in [0.25, 0.3) is 22.5 Å². The van der Waals surface area contributed by atoms with Crippen molar-refractivity contribution in [1.82, 2.24) is 20.6 Å². The lowest BCUT2D eigenvalue weighted by Crippen LogP contribution is -2.51. The first kappa shape index (κ1) is 36.8.